The van der Waals surface area contributed by atoms with Gasteiger partial charge in [-0.25, -0.2) is 0 Å². The summed E-state index contributed by atoms with van der Waals surface area (Å²) in [5.74, 6) is 1.29. The molecule has 0 bridgehead atoms. The molecule has 1 atom stereocenters. The Kier molecular flexibility index (Phi) is 7.18. The molecule has 2 aromatic rings. The van der Waals surface area contributed by atoms with Crippen molar-refractivity contribution in [2.75, 3.05) is 19.6 Å². The zero-order valence-electron chi connectivity index (χ0n) is 17.3. The molecular formula is C23H29ClN4O2. The minimum atomic E-state index is 0.0226. The zero-order valence-corrected chi connectivity index (χ0v) is 18.0. The summed E-state index contributed by atoms with van der Waals surface area (Å²) in [6, 6.07) is 7.41. The van der Waals surface area contributed by atoms with Crippen molar-refractivity contribution in [2.45, 2.75) is 51.5 Å². The summed E-state index contributed by atoms with van der Waals surface area (Å²) in [7, 11) is 0. The molecule has 160 valence electrons. The Morgan fingerprint density at radius 3 is 3.07 bits per heavy atom. The Hall–Kier alpha value is -2.18. The van der Waals surface area contributed by atoms with Crippen molar-refractivity contribution in [3.05, 3.63) is 46.8 Å². The van der Waals surface area contributed by atoms with Gasteiger partial charge in [0, 0.05) is 23.7 Å². The van der Waals surface area contributed by atoms with Crippen LogP contribution in [0.5, 0.6) is 0 Å². The normalized spacial score (nSPS) is 20.0. The quantitative estimate of drug-likeness (QED) is 0.652. The fourth-order valence-corrected chi connectivity index (χ4v) is 4.48. The standard InChI is InChI=1S/C23H29ClN4O2/c24-20-10-4-8-18(14-20)22-26-21(30-27-22)16-28-13-5-9-19(15-28)23(29)25-12-11-17-6-2-1-3-7-17/h4,6,8,10,14,19H,1-3,5,7,9,11-13,15-16H2,(H,25,29). The number of rotatable bonds is 7. The Bertz CT molecular complexity index is 895. The van der Waals surface area contributed by atoms with Gasteiger partial charge >= 0.3 is 0 Å². The van der Waals surface area contributed by atoms with Crippen molar-refractivity contribution in [3.8, 4) is 11.4 Å². The lowest BCUT2D eigenvalue weighted by Gasteiger charge is -2.30. The SMILES string of the molecule is O=C(NCCC1=CCCCC1)C1CCCN(Cc2nc(-c3cccc(Cl)c3)no2)C1. The smallest absolute Gasteiger partial charge is 0.241 e. The molecule has 30 heavy (non-hydrogen) atoms. The number of halogens is 1. The third kappa shape index (κ3) is 5.70. The summed E-state index contributed by atoms with van der Waals surface area (Å²) >= 11 is 6.05. The molecule has 2 heterocycles. The fourth-order valence-electron chi connectivity index (χ4n) is 4.29. The number of hydrogen-bond acceptors (Lipinski definition) is 5. The summed E-state index contributed by atoms with van der Waals surface area (Å²) in [4.78, 5) is 19.4. The number of carbonyl (C=O) groups excluding carboxylic acids is 1. The van der Waals surface area contributed by atoms with Crippen molar-refractivity contribution in [1.82, 2.24) is 20.4 Å². The summed E-state index contributed by atoms with van der Waals surface area (Å²) in [6.07, 6.45) is 10.2. The fraction of sp³-hybridized carbons (Fsp3) is 0.522. The monoisotopic (exact) mass is 428 g/mol. The minimum absolute atomic E-state index is 0.0226. The average Bonchev–Trinajstić information content (AvgIpc) is 3.23. The molecule has 1 N–H and O–H groups in total. The van der Waals surface area contributed by atoms with E-state index in [9.17, 15) is 4.79 Å². The van der Waals surface area contributed by atoms with Gasteiger partial charge < -0.3 is 9.84 Å². The van der Waals surface area contributed by atoms with Gasteiger partial charge in [0.1, 0.15) is 0 Å². The number of aromatic nitrogens is 2. The van der Waals surface area contributed by atoms with E-state index >= 15 is 0 Å². The number of allylic oxidation sites excluding steroid dienone is 1. The highest BCUT2D eigenvalue weighted by molar-refractivity contribution is 6.30. The summed E-state index contributed by atoms with van der Waals surface area (Å²) in [5.41, 5.74) is 2.33. The second-order valence-corrected chi connectivity index (χ2v) is 8.68. The summed E-state index contributed by atoms with van der Waals surface area (Å²) in [6.45, 7) is 2.97. The zero-order chi connectivity index (χ0) is 20.8. The molecule has 6 nitrogen and oxygen atoms in total. The van der Waals surface area contributed by atoms with Gasteiger partial charge in [-0.3, -0.25) is 9.69 Å². The lowest BCUT2D eigenvalue weighted by atomic mass is 9.96. The molecule has 1 aliphatic carbocycles. The van der Waals surface area contributed by atoms with E-state index in [1.165, 1.54) is 31.3 Å². The van der Waals surface area contributed by atoms with Crippen molar-refractivity contribution < 1.29 is 9.32 Å². The van der Waals surface area contributed by atoms with Crippen LogP contribution in [0.15, 0.2) is 40.4 Å². The largest absolute Gasteiger partial charge is 0.356 e. The van der Waals surface area contributed by atoms with Gasteiger partial charge in [-0.2, -0.15) is 4.98 Å². The van der Waals surface area contributed by atoms with E-state index in [1.807, 2.05) is 24.3 Å². The third-order valence-electron chi connectivity index (χ3n) is 5.92. The molecule has 1 amide bonds. The van der Waals surface area contributed by atoms with Crippen molar-refractivity contribution >= 4 is 17.5 Å². The van der Waals surface area contributed by atoms with Gasteiger partial charge in [0.15, 0.2) is 0 Å². The first kappa shape index (κ1) is 21.1. The van der Waals surface area contributed by atoms with Crippen LogP contribution in [0, 0.1) is 5.92 Å². The molecule has 1 saturated heterocycles. The van der Waals surface area contributed by atoms with Gasteiger partial charge in [0.2, 0.25) is 17.6 Å². The van der Waals surface area contributed by atoms with E-state index < -0.39 is 0 Å². The van der Waals surface area contributed by atoms with E-state index in [0.29, 0.717) is 23.3 Å². The molecule has 1 aliphatic heterocycles. The van der Waals surface area contributed by atoms with E-state index in [0.717, 1.165) is 44.5 Å². The van der Waals surface area contributed by atoms with Crippen molar-refractivity contribution in [3.63, 3.8) is 0 Å². The number of hydrogen-bond donors (Lipinski definition) is 1. The van der Waals surface area contributed by atoms with Crippen LogP contribution in [0.3, 0.4) is 0 Å². The van der Waals surface area contributed by atoms with Crippen molar-refractivity contribution in [2.24, 2.45) is 5.92 Å². The second-order valence-electron chi connectivity index (χ2n) is 8.25. The van der Waals surface area contributed by atoms with Gasteiger partial charge in [-0.1, -0.05) is 40.5 Å². The molecule has 1 aromatic heterocycles. The van der Waals surface area contributed by atoms with Crippen LogP contribution in [0.25, 0.3) is 11.4 Å². The van der Waals surface area contributed by atoms with Crippen LogP contribution >= 0.6 is 11.6 Å². The topological polar surface area (TPSA) is 71.3 Å². The molecule has 1 unspecified atom stereocenters. The highest BCUT2D eigenvalue weighted by Crippen LogP contribution is 2.23. The van der Waals surface area contributed by atoms with Gasteiger partial charge in [-0.15, -0.1) is 0 Å². The molecule has 1 fully saturated rings. The van der Waals surface area contributed by atoms with E-state index in [4.69, 9.17) is 16.1 Å². The van der Waals surface area contributed by atoms with Crippen LogP contribution in [0.1, 0.15) is 50.8 Å². The minimum Gasteiger partial charge on any atom is -0.356 e. The van der Waals surface area contributed by atoms with Crippen LogP contribution in [0.2, 0.25) is 5.02 Å². The molecular weight excluding hydrogens is 400 g/mol. The number of nitrogens with zero attached hydrogens (tertiary/aromatic N) is 3. The second kappa shape index (κ2) is 10.2. The molecule has 2 aliphatic rings. The predicted molar refractivity (Wildman–Crippen MR) is 117 cm³/mol. The van der Waals surface area contributed by atoms with E-state index in [1.54, 1.807) is 0 Å². The lowest BCUT2D eigenvalue weighted by Crippen LogP contribution is -2.43. The average molecular weight is 429 g/mol. The van der Waals surface area contributed by atoms with E-state index in [2.05, 4.69) is 26.4 Å². The van der Waals surface area contributed by atoms with Gasteiger partial charge in [-0.05, 0) is 63.6 Å². The Balaban J connectivity index is 1.26. The number of piperidine rings is 1. The summed E-state index contributed by atoms with van der Waals surface area (Å²) in [5, 5.41) is 7.86. The third-order valence-corrected chi connectivity index (χ3v) is 6.15. The predicted octanol–water partition coefficient (Wildman–Crippen LogP) is 4.61. The van der Waals surface area contributed by atoms with Gasteiger partial charge in [0.05, 0.1) is 12.5 Å². The molecule has 4 rings (SSSR count). The Labute approximate surface area is 182 Å². The molecule has 0 radical (unpaired) electrons. The van der Waals surface area contributed by atoms with Gasteiger partial charge in [0.25, 0.3) is 0 Å². The molecule has 0 spiro atoms. The number of nitrogens with one attached hydrogen (secondary N) is 1. The Morgan fingerprint density at radius 2 is 2.23 bits per heavy atom. The maximum Gasteiger partial charge on any atom is 0.241 e. The first-order chi connectivity index (χ1) is 14.7. The Morgan fingerprint density at radius 1 is 1.30 bits per heavy atom. The van der Waals surface area contributed by atoms with Crippen LogP contribution in [0.4, 0.5) is 0 Å². The lowest BCUT2D eigenvalue weighted by molar-refractivity contribution is -0.126. The van der Waals surface area contributed by atoms with Crippen molar-refractivity contribution in [1.29, 1.82) is 0 Å². The first-order valence-corrected chi connectivity index (χ1v) is 11.3. The van der Waals surface area contributed by atoms with Crippen LogP contribution < -0.4 is 5.32 Å². The first-order valence-electron chi connectivity index (χ1n) is 10.9. The number of benzene rings is 1. The molecule has 0 saturated carbocycles. The number of carbonyl (C=O) groups is 1. The maximum atomic E-state index is 12.6. The molecule has 1 aromatic carbocycles. The summed E-state index contributed by atoms with van der Waals surface area (Å²) < 4.78 is 5.44. The number of amides is 1. The van der Waals surface area contributed by atoms with Crippen LogP contribution in [-0.2, 0) is 11.3 Å². The molecule has 7 heteroatoms. The van der Waals surface area contributed by atoms with E-state index in [-0.39, 0.29) is 11.8 Å². The highest BCUT2D eigenvalue weighted by atomic mass is 35.5. The highest BCUT2D eigenvalue weighted by Gasteiger charge is 2.26. The number of likely N-dealkylation sites (tertiary alicyclic amines) is 1. The maximum absolute atomic E-state index is 12.6. The van der Waals surface area contributed by atoms with Crippen LogP contribution in [-0.4, -0.2) is 40.6 Å².